The van der Waals surface area contributed by atoms with Crippen molar-refractivity contribution in [2.45, 2.75) is 6.42 Å². The van der Waals surface area contributed by atoms with E-state index in [1.807, 2.05) is 35.7 Å². The summed E-state index contributed by atoms with van der Waals surface area (Å²) in [5.74, 6) is 1.27. The standard InChI is InChI=1S/C21H21N3O4S/c1-26-17-9-14(10-18(27-2)21(17)28-3)12-22-24-19(25)11-20-23-16(13-29-20)15-7-5-4-6-8-15/h4-10,12-13H,11H2,1-3H3,(H,24,25)/b22-12-. The van der Waals surface area contributed by atoms with Crippen LogP contribution < -0.4 is 19.6 Å². The maximum atomic E-state index is 12.2. The number of rotatable bonds is 8. The summed E-state index contributed by atoms with van der Waals surface area (Å²) < 4.78 is 15.9. The van der Waals surface area contributed by atoms with E-state index in [1.54, 1.807) is 12.1 Å². The number of nitrogens with zero attached hydrogens (tertiary/aromatic N) is 2. The second-order valence-corrected chi connectivity index (χ2v) is 6.86. The van der Waals surface area contributed by atoms with Gasteiger partial charge in [0.15, 0.2) is 11.5 Å². The summed E-state index contributed by atoms with van der Waals surface area (Å²) in [6.45, 7) is 0. The van der Waals surface area contributed by atoms with Gasteiger partial charge in [-0.2, -0.15) is 5.10 Å². The molecule has 1 amide bonds. The number of nitrogens with one attached hydrogen (secondary N) is 1. The third kappa shape index (κ3) is 5.11. The number of ether oxygens (including phenoxy) is 3. The molecule has 7 nitrogen and oxygen atoms in total. The molecule has 2 aromatic carbocycles. The molecule has 0 aliphatic carbocycles. The summed E-state index contributed by atoms with van der Waals surface area (Å²) in [6.07, 6.45) is 1.67. The number of hydrogen-bond acceptors (Lipinski definition) is 7. The summed E-state index contributed by atoms with van der Waals surface area (Å²) in [6, 6.07) is 13.3. The molecule has 8 heteroatoms. The molecule has 3 aromatic rings. The molecule has 0 spiro atoms. The van der Waals surface area contributed by atoms with Gasteiger partial charge in [0.05, 0.1) is 39.7 Å². The summed E-state index contributed by atoms with van der Waals surface area (Å²) in [7, 11) is 4.62. The molecule has 0 aliphatic rings. The quantitative estimate of drug-likeness (QED) is 0.453. The van der Waals surface area contributed by atoms with Gasteiger partial charge in [0.1, 0.15) is 5.01 Å². The second-order valence-electron chi connectivity index (χ2n) is 5.92. The van der Waals surface area contributed by atoms with Crippen LogP contribution in [0.25, 0.3) is 11.3 Å². The fourth-order valence-electron chi connectivity index (χ4n) is 2.67. The van der Waals surface area contributed by atoms with Crippen molar-refractivity contribution in [3.63, 3.8) is 0 Å². The molecule has 0 radical (unpaired) electrons. The summed E-state index contributed by atoms with van der Waals surface area (Å²) in [5, 5.41) is 6.68. The Morgan fingerprint density at radius 2 is 1.79 bits per heavy atom. The van der Waals surface area contributed by atoms with E-state index in [9.17, 15) is 4.79 Å². The average molecular weight is 411 g/mol. The van der Waals surface area contributed by atoms with Crippen molar-refractivity contribution in [1.29, 1.82) is 0 Å². The molecule has 0 fully saturated rings. The van der Waals surface area contributed by atoms with Crippen molar-refractivity contribution in [3.05, 3.63) is 58.4 Å². The third-order valence-electron chi connectivity index (χ3n) is 4.02. The van der Waals surface area contributed by atoms with E-state index in [4.69, 9.17) is 14.2 Å². The van der Waals surface area contributed by atoms with Gasteiger partial charge in [-0.3, -0.25) is 4.79 Å². The molecule has 1 N–H and O–H groups in total. The molecule has 0 aliphatic heterocycles. The van der Waals surface area contributed by atoms with Gasteiger partial charge in [-0.25, -0.2) is 10.4 Å². The Morgan fingerprint density at radius 3 is 2.41 bits per heavy atom. The lowest BCUT2D eigenvalue weighted by Crippen LogP contribution is -2.19. The molecule has 0 atom stereocenters. The Bertz CT molecular complexity index is 977. The third-order valence-corrected chi connectivity index (χ3v) is 4.87. The largest absolute Gasteiger partial charge is 0.493 e. The van der Waals surface area contributed by atoms with Crippen molar-refractivity contribution >= 4 is 23.5 Å². The van der Waals surface area contributed by atoms with E-state index >= 15 is 0 Å². The number of hydrazone groups is 1. The highest BCUT2D eigenvalue weighted by atomic mass is 32.1. The van der Waals surface area contributed by atoms with Gasteiger partial charge in [-0.05, 0) is 12.1 Å². The topological polar surface area (TPSA) is 82.0 Å². The van der Waals surface area contributed by atoms with Crippen LogP contribution in [0.3, 0.4) is 0 Å². The van der Waals surface area contributed by atoms with Crippen molar-refractivity contribution in [2.75, 3.05) is 21.3 Å². The Labute approximate surface area is 173 Å². The smallest absolute Gasteiger partial charge is 0.246 e. The minimum atomic E-state index is -0.248. The highest BCUT2D eigenvalue weighted by Crippen LogP contribution is 2.37. The fraction of sp³-hybridized carbons (Fsp3) is 0.190. The predicted octanol–water partition coefficient (Wildman–Crippen LogP) is 3.53. The van der Waals surface area contributed by atoms with E-state index in [2.05, 4.69) is 15.5 Å². The molecule has 0 bridgehead atoms. The van der Waals surface area contributed by atoms with Crippen LogP contribution in [0.1, 0.15) is 10.6 Å². The lowest BCUT2D eigenvalue weighted by Gasteiger charge is -2.12. The monoisotopic (exact) mass is 411 g/mol. The molecule has 3 rings (SSSR count). The Morgan fingerprint density at radius 1 is 1.10 bits per heavy atom. The number of hydrogen-bond donors (Lipinski definition) is 1. The molecule has 1 heterocycles. The lowest BCUT2D eigenvalue weighted by molar-refractivity contribution is -0.120. The minimum Gasteiger partial charge on any atom is -0.493 e. The Balaban J connectivity index is 1.62. The molecule has 0 saturated heterocycles. The second kappa shape index (κ2) is 9.70. The van der Waals surface area contributed by atoms with Gasteiger partial charge in [0.2, 0.25) is 11.7 Å². The SMILES string of the molecule is COc1cc(/C=N\NC(=O)Cc2nc(-c3ccccc3)cs2)cc(OC)c1OC. The normalized spacial score (nSPS) is 10.7. The van der Waals surface area contributed by atoms with Crippen LogP contribution in [-0.4, -0.2) is 38.4 Å². The number of carbonyl (C=O) groups excluding carboxylic acids is 1. The van der Waals surface area contributed by atoms with Crippen LogP contribution in [0.15, 0.2) is 52.9 Å². The maximum absolute atomic E-state index is 12.2. The highest BCUT2D eigenvalue weighted by molar-refractivity contribution is 7.10. The number of benzene rings is 2. The van der Waals surface area contributed by atoms with Crippen LogP contribution in [0, 0.1) is 0 Å². The van der Waals surface area contributed by atoms with Crippen LogP contribution in [0.4, 0.5) is 0 Å². The summed E-state index contributed by atoms with van der Waals surface area (Å²) >= 11 is 1.45. The van der Waals surface area contributed by atoms with E-state index in [0.29, 0.717) is 22.8 Å². The maximum Gasteiger partial charge on any atom is 0.246 e. The number of amides is 1. The van der Waals surface area contributed by atoms with Gasteiger partial charge < -0.3 is 14.2 Å². The van der Waals surface area contributed by atoms with Crippen LogP contribution >= 0.6 is 11.3 Å². The Kier molecular flexibility index (Phi) is 6.80. The first-order chi connectivity index (χ1) is 14.1. The summed E-state index contributed by atoms with van der Waals surface area (Å²) in [5.41, 5.74) is 5.10. The first-order valence-corrected chi connectivity index (χ1v) is 9.64. The van der Waals surface area contributed by atoms with Crippen LogP contribution in [0.2, 0.25) is 0 Å². The first kappa shape index (κ1) is 20.3. The van der Waals surface area contributed by atoms with Gasteiger partial charge in [0, 0.05) is 16.5 Å². The van der Waals surface area contributed by atoms with Crippen molar-refractivity contribution < 1.29 is 19.0 Å². The van der Waals surface area contributed by atoms with Crippen molar-refractivity contribution in [3.8, 4) is 28.5 Å². The number of aromatic nitrogens is 1. The van der Waals surface area contributed by atoms with E-state index < -0.39 is 0 Å². The Hall–Kier alpha value is -3.39. The van der Waals surface area contributed by atoms with Gasteiger partial charge >= 0.3 is 0 Å². The first-order valence-electron chi connectivity index (χ1n) is 8.76. The van der Waals surface area contributed by atoms with Gasteiger partial charge in [0.25, 0.3) is 0 Å². The number of methoxy groups -OCH3 is 3. The fourth-order valence-corrected chi connectivity index (χ4v) is 3.47. The number of thiazole rings is 1. The molecule has 0 saturated carbocycles. The van der Waals surface area contributed by atoms with E-state index in [0.717, 1.165) is 16.3 Å². The molecule has 0 unspecified atom stereocenters. The van der Waals surface area contributed by atoms with Crippen molar-refractivity contribution in [2.24, 2.45) is 5.10 Å². The van der Waals surface area contributed by atoms with Gasteiger partial charge in [-0.15, -0.1) is 11.3 Å². The van der Waals surface area contributed by atoms with Crippen LogP contribution in [0.5, 0.6) is 17.2 Å². The number of carbonyl (C=O) groups is 1. The molecular weight excluding hydrogens is 390 g/mol. The minimum absolute atomic E-state index is 0.157. The van der Waals surface area contributed by atoms with Crippen molar-refractivity contribution in [1.82, 2.24) is 10.4 Å². The zero-order chi connectivity index (χ0) is 20.6. The molecular formula is C21H21N3O4S. The van der Waals surface area contributed by atoms with Crippen LogP contribution in [-0.2, 0) is 11.2 Å². The zero-order valence-electron chi connectivity index (χ0n) is 16.3. The van der Waals surface area contributed by atoms with E-state index in [1.165, 1.54) is 38.9 Å². The summed E-state index contributed by atoms with van der Waals surface area (Å²) in [4.78, 5) is 16.7. The lowest BCUT2D eigenvalue weighted by atomic mass is 10.2. The molecule has 1 aromatic heterocycles. The molecule has 29 heavy (non-hydrogen) atoms. The van der Waals surface area contributed by atoms with E-state index in [-0.39, 0.29) is 12.3 Å². The zero-order valence-corrected chi connectivity index (χ0v) is 17.2. The predicted molar refractivity (Wildman–Crippen MR) is 113 cm³/mol. The average Bonchev–Trinajstić information content (AvgIpc) is 3.21. The molecule has 150 valence electrons. The highest BCUT2D eigenvalue weighted by Gasteiger charge is 2.12. The van der Waals surface area contributed by atoms with Gasteiger partial charge in [-0.1, -0.05) is 30.3 Å².